The van der Waals surface area contributed by atoms with Gasteiger partial charge in [-0.2, -0.15) is 5.10 Å². The molecule has 66 valence electrons. The van der Waals surface area contributed by atoms with E-state index in [-0.39, 0.29) is 0 Å². The van der Waals surface area contributed by atoms with E-state index >= 15 is 0 Å². The van der Waals surface area contributed by atoms with Crippen molar-refractivity contribution in [2.24, 2.45) is 0 Å². The normalized spacial score (nSPS) is 10.3. The lowest BCUT2D eigenvalue weighted by molar-refractivity contribution is 0.795. The van der Waals surface area contributed by atoms with Gasteiger partial charge in [0.1, 0.15) is 0 Å². The summed E-state index contributed by atoms with van der Waals surface area (Å²) in [6, 6.07) is 1.91. The van der Waals surface area contributed by atoms with E-state index < -0.39 is 0 Å². The minimum atomic E-state index is 0.580. The van der Waals surface area contributed by atoms with Crippen LogP contribution < -0.4 is 0 Å². The summed E-state index contributed by atoms with van der Waals surface area (Å²) in [5.74, 6) is 0.580. The third kappa shape index (κ3) is 1.75. The average Bonchev–Trinajstić information content (AvgIpc) is 2.53. The zero-order valence-corrected chi connectivity index (χ0v) is 8.56. The van der Waals surface area contributed by atoms with Crippen molar-refractivity contribution in [3.63, 3.8) is 0 Å². The van der Waals surface area contributed by atoms with Crippen LogP contribution in [0, 0.1) is 6.92 Å². The standard InChI is InChI=1S/C8H7BrN4/c1-6-2-3-13(12-6)8-10-4-7(9)5-11-8/h2-5H,1H3. The highest BCUT2D eigenvalue weighted by Crippen LogP contribution is 2.06. The number of aromatic nitrogens is 4. The minimum absolute atomic E-state index is 0.580. The maximum atomic E-state index is 4.19. The Morgan fingerprint density at radius 1 is 1.31 bits per heavy atom. The number of aryl methyl sites for hydroxylation is 1. The molecule has 0 saturated heterocycles. The molecule has 0 unspecified atom stereocenters. The smallest absolute Gasteiger partial charge is 0.218 e. The molecule has 13 heavy (non-hydrogen) atoms. The van der Waals surface area contributed by atoms with Crippen LogP contribution in [0.1, 0.15) is 5.69 Å². The largest absolute Gasteiger partial charge is 0.250 e. The van der Waals surface area contributed by atoms with Crippen molar-refractivity contribution in [3.05, 3.63) is 34.8 Å². The molecule has 0 aromatic carbocycles. The zero-order chi connectivity index (χ0) is 9.26. The lowest BCUT2D eigenvalue weighted by Gasteiger charge is -1.97. The lowest BCUT2D eigenvalue weighted by atomic mass is 10.5. The van der Waals surface area contributed by atoms with Crippen LogP contribution in [0.25, 0.3) is 5.95 Å². The predicted molar refractivity (Wildman–Crippen MR) is 51.6 cm³/mol. The van der Waals surface area contributed by atoms with Crippen LogP contribution in [0.2, 0.25) is 0 Å². The number of hydrogen-bond acceptors (Lipinski definition) is 3. The second kappa shape index (κ2) is 3.26. The molecule has 0 N–H and O–H groups in total. The van der Waals surface area contributed by atoms with Gasteiger partial charge >= 0.3 is 0 Å². The fourth-order valence-corrected chi connectivity index (χ4v) is 1.15. The highest BCUT2D eigenvalue weighted by Gasteiger charge is 1.99. The highest BCUT2D eigenvalue weighted by molar-refractivity contribution is 9.10. The van der Waals surface area contributed by atoms with Crippen molar-refractivity contribution >= 4 is 15.9 Å². The molecule has 0 aliphatic heterocycles. The zero-order valence-electron chi connectivity index (χ0n) is 6.98. The Hall–Kier alpha value is -1.23. The van der Waals surface area contributed by atoms with E-state index in [0.29, 0.717) is 5.95 Å². The third-order valence-corrected chi connectivity index (χ3v) is 1.94. The second-order valence-electron chi connectivity index (χ2n) is 2.60. The van der Waals surface area contributed by atoms with Crippen LogP contribution >= 0.6 is 15.9 Å². The molecule has 0 aliphatic rings. The fraction of sp³-hybridized carbons (Fsp3) is 0.125. The van der Waals surface area contributed by atoms with Gasteiger partial charge in [-0.15, -0.1) is 0 Å². The molecule has 0 bridgehead atoms. The third-order valence-electron chi connectivity index (χ3n) is 1.53. The van der Waals surface area contributed by atoms with Gasteiger partial charge in [0, 0.05) is 18.6 Å². The second-order valence-corrected chi connectivity index (χ2v) is 3.52. The quantitative estimate of drug-likeness (QED) is 0.761. The summed E-state index contributed by atoms with van der Waals surface area (Å²) in [6.07, 6.45) is 5.22. The molecule has 2 aromatic rings. The van der Waals surface area contributed by atoms with Crippen LogP contribution in [0.4, 0.5) is 0 Å². The van der Waals surface area contributed by atoms with Gasteiger partial charge in [-0.3, -0.25) is 0 Å². The van der Waals surface area contributed by atoms with Crippen LogP contribution in [0.15, 0.2) is 29.1 Å². The molecule has 0 amide bonds. The molecule has 2 aromatic heterocycles. The first-order chi connectivity index (χ1) is 6.25. The van der Waals surface area contributed by atoms with E-state index in [1.54, 1.807) is 17.1 Å². The summed E-state index contributed by atoms with van der Waals surface area (Å²) < 4.78 is 2.50. The maximum absolute atomic E-state index is 4.19. The van der Waals surface area contributed by atoms with Gasteiger partial charge in [-0.25, -0.2) is 14.6 Å². The monoisotopic (exact) mass is 238 g/mol. The van der Waals surface area contributed by atoms with Crippen LogP contribution in [-0.4, -0.2) is 19.7 Å². The number of nitrogens with zero attached hydrogens (tertiary/aromatic N) is 4. The van der Waals surface area contributed by atoms with E-state index in [0.717, 1.165) is 10.2 Å². The maximum Gasteiger partial charge on any atom is 0.250 e. The molecule has 0 saturated carbocycles. The van der Waals surface area contributed by atoms with Gasteiger partial charge in [0.2, 0.25) is 0 Å². The summed E-state index contributed by atoms with van der Waals surface area (Å²) in [4.78, 5) is 8.21. The Labute approximate surface area is 83.8 Å². The molecule has 0 aliphatic carbocycles. The molecule has 0 fully saturated rings. The minimum Gasteiger partial charge on any atom is -0.218 e. The van der Waals surface area contributed by atoms with Crippen LogP contribution in [-0.2, 0) is 0 Å². The number of hydrogen-bond donors (Lipinski definition) is 0. The van der Waals surface area contributed by atoms with Crippen molar-refractivity contribution in [1.29, 1.82) is 0 Å². The molecule has 4 nitrogen and oxygen atoms in total. The topological polar surface area (TPSA) is 43.6 Å². The van der Waals surface area contributed by atoms with E-state index in [4.69, 9.17) is 0 Å². The Balaban J connectivity index is 2.41. The van der Waals surface area contributed by atoms with Gasteiger partial charge in [-0.1, -0.05) is 0 Å². The Morgan fingerprint density at radius 2 is 2.00 bits per heavy atom. The molecule has 0 spiro atoms. The average molecular weight is 239 g/mol. The van der Waals surface area contributed by atoms with Crippen LogP contribution in [0.3, 0.4) is 0 Å². The van der Waals surface area contributed by atoms with Crippen molar-refractivity contribution in [2.45, 2.75) is 6.92 Å². The molecule has 0 radical (unpaired) electrons. The summed E-state index contributed by atoms with van der Waals surface area (Å²) in [6.45, 7) is 1.93. The first kappa shape index (κ1) is 8.37. The SMILES string of the molecule is Cc1ccn(-c2ncc(Br)cn2)n1. The molecule has 2 rings (SSSR count). The first-order valence-corrected chi connectivity index (χ1v) is 4.55. The first-order valence-electron chi connectivity index (χ1n) is 3.76. The summed E-state index contributed by atoms with van der Waals surface area (Å²) in [5, 5.41) is 4.19. The van der Waals surface area contributed by atoms with Gasteiger partial charge < -0.3 is 0 Å². The number of rotatable bonds is 1. The number of halogens is 1. The highest BCUT2D eigenvalue weighted by atomic mass is 79.9. The molecular weight excluding hydrogens is 232 g/mol. The van der Waals surface area contributed by atoms with Crippen molar-refractivity contribution in [2.75, 3.05) is 0 Å². The van der Waals surface area contributed by atoms with E-state index in [1.165, 1.54) is 0 Å². The van der Waals surface area contributed by atoms with Crippen molar-refractivity contribution in [1.82, 2.24) is 19.7 Å². The van der Waals surface area contributed by atoms with Gasteiger partial charge in [-0.05, 0) is 28.9 Å². The Morgan fingerprint density at radius 3 is 2.54 bits per heavy atom. The predicted octanol–water partition coefficient (Wildman–Crippen LogP) is 1.73. The van der Waals surface area contributed by atoms with E-state index in [1.807, 2.05) is 19.2 Å². The van der Waals surface area contributed by atoms with E-state index in [2.05, 4.69) is 31.0 Å². The molecule has 5 heteroatoms. The van der Waals surface area contributed by atoms with Crippen LogP contribution in [0.5, 0.6) is 0 Å². The molecule has 2 heterocycles. The Kier molecular flexibility index (Phi) is 2.10. The van der Waals surface area contributed by atoms with Gasteiger partial charge in [0.15, 0.2) is 0 Å². The fourth-order valence-electron chi connectivity index (χ4n) is 0.950. The van der Waals surface area contributed by atoms with Crippen molar-refractivity contribution < 1.29 is 0 Å². The lowest BCUT2D eigenvalue weighted by Crippen LogP contribution is -2.00. The summed E-state index contributed by atoms with van der Waals surface area (Å²) in [5.41, 5.74) is 0.950. The van der Waals surface area contributed by atoms with Gasteiger partial charge in [0.25, 0.3) is 5.95 Å². The van der Waals surface area contributed by atoms with Crippen molar-refractivity contribution in [3.8, 4) is 5.95 Å². The summed E-state index contributed by atoms with van der Waals surface area (Å²) in [7, 11) is 0. The molecule has 0 atom stereocenters. The Bertz CT molecular complexity index is 406. The van der Waals surface area contributed by atoms with Gasteiger partial charge in [0.05, 0.1) is 10.2 Å². The van der Waals surface area contributed by atoms with E-state index in [9.17, 15) is 0 Å². The summed E-state index contributed by atoms with van der Waals surface area (Å²) >= 11 is 3.27. The molecular formula is C8H7BrN4.